The van der Waals surface area contributed by atoms with E-state index in [0.29, 0.717) is 12.1 Å². The van der Waals surface area contributed by atoms with Crippen molar-refractivity contribution in [3.05, 3.63) is 29.3 Å². The van der Waals surface area contributed by atoms with Crippen LogP contribution in [0.4, 0.5) is 0 Å². The van der Waals surface area contributed by atoms with Gasteiger partial charge >= 0.3 is 0 Å². The van der Waals surface area contributed by atoms with Crippen LogP contribution in [0.5, 0.6) is 5.75 Å². The van der Waals surface area contributed by atoms with E-state index >= 15 is 0 Å². The van der Waals surface area contributed by atoms with Gasteiger partial charge in [0.05, 0.1) is 12.7 Å². The van der Waals surface area contributed by atoms with Crippen LogP contribution in [0.15, 0.2) is 18.2 Å². The fraction of sp³-hybridized carbons (Fsp3) is 0.647. The Hall–Kier alpha value is -1.06. The SMILES string of the molecule is COc1ccc2c(c1)C(NC1CCOC(C)(C)C1)CC2. The molecule has 1 fully saturated rings. The number of methoxy groups -OCH3 is 1. The highest BCUT2D eigenvalue weighted by atomic mass is 16.5. The largest absolute Gasteiger partial charge is 0.497 e. The van der Waals surface area contributed by atoms with E-state index in [9.17, 15) is 0 Å². The second-order valence-electron chi connectivity index (χ2n) is 6.62. The summed E-state index contributed by atoms with van der Waals surface area (Å²) in [5.74, 6) is 0.963. The van der Waals surface area contributed by atoms with E-state index in [1.54, 1.807) is 7.11 Å². The summed E-state index contributed by atoms with van der Waals surface area (Å²) in [4.78, 5) is 0. The summed E-state index contributed by atoms with van der Waals surface area (Å²) in [5.41, 5.74) is 2.90. The topological polar surface area (TPSA) is 30.5 Å². The average Bonchev–Trinajstić information content (AvgIpc) is 2.80. The normalized spacial score (nSPS) is 28.1. The van der Waals surface area contributed by atoms with Crippen LogP contribution in [-0.2, 0) is 11.2 Å². The molecular formula is C17H25NO2. The first kappa shape index (κ1) is 13.9. The van der Waals surface area contributed by atoms with Gasteiger partial charge in [-0.25, -0.2) is 0 Å². The van der Waals surface area contributed by atoms with Crippen LogP contribution in [-0.4, -0.2) is 25.4 Å². The Balaban J connectivity index is 1.71. The Kier molecular flexibility index (Phi) is 3.74. The molecule has 1 heterocycles. The van der Waals surface area contributed by atoms with Crippen LogP contribution in [0, 0.1) is 0 Å². The van der Waals surface area contributed by atoms with Crippen LogP contribution in [0.3, 0.4) is 0 Å². The van der Waals surface area contributed by atoms with E-state index in [4.69, 9.17) is 9.47 Å². The summed E-state index contributed by atoms with van der Waals surface area (Å²) >= 11 is 0. The standard InChI is InChI=1S/C17H25NO2/c1-17(2)11-13(8-9-20-17)18-16-7-5-12-4-6-14(19-3)10-15(12)16/h4,6,10,13,16,18H,5,7-9,11H2,1-3H3. The van der Waals surface area contributed by atoms with Crippen LogP contribution < -0.4 is 10.1 Å². The number of aryl methyl sites for hydroxylation is 1. The summed E-state index contributed by atoms with van der Waals surface area (Å²) in [6.07, 6.45) is 4.56. The van der Waals surface area contributed by atoms with Crippen molar-refractivity contribution in [3.63, 3.8) is 0 Å². The molecule has 0 saturated carbocycles. The second-order valence-corrected chi connectivity index (χ2v) is 6.62. The van der Waals surface area contributed by atoms with Gasteiger partial charge in [0.2, 0.25) is 0 Å². The van der Waals surface area contributed by atoms with Gasteiger partial charge in [-0.2, -0.15) is 0 Å². The molecule has 3 heteroatoms. The number of benzene rings is 1. The molecule has 0 bridgehead atoms. The predicted octanol–water partition coefficient (Wildman–Crippen LogP) is 3.23. The Bertz CT molecular complexity index is 484. The fourth-order valence-electron chi connectivity index (χ4n) is 3.54. The third-order valence-electron chi connectivity index (χ3n) is 4.56. The molecule has 0 amide bonds. The zero-order valence-electron chi connectivity index (χ0n) is 12.7. The molecule has 2 unspecified atom stereocenters. The molecule has 2 aliphatic rings. The average molecular weight is 275 g/mol. The van der Waals surface area contributed by atoms with Gasteiger partial charge in [-0.15, -0.1) is 0 Å². The molecule has 3 rings (SSSR count). The molecule has 2 atom stereocenters. The third kappa shape index (κ3) is 2.84. The van der Waals surface area contributed by atoms with Gasteiger partial charge in [-0.1, -0.05) is 6.07 Å². The summed E-state index contributed by atoms with van der Waals surface area (Å²) in [6.45, 7) is 5.24. The third-order valence-corrected chi connectivity index (χ3v) is 4.56. The minimum absolute atomic E-state index is 0.00568. The van der Waals surface area contributed by atoms with Crippen LogP contribution in [0.2, 0.25) is 0 Å². The summed E-state index contributed by atoms with van der Waals surface area (Å²) in [7, 11) is 1.74. The molecular weight excluding hydrogens is 250 g/mol. The van der Waals surface area contributed by atoms with Crippen molar-refractivity contribution in [2.75, 3.05) is 13.7 Å². The van der Waals surface area contributed by atoms with Crippen molar-refractivity contribution in [2.45, 2.75) is 57.2 Å². The summed E-state index contributed by atoms with van der Waals surface area (Å²) in [5, 5.41) is 3.85. The van der Waals surface area contributed by atoms with Gasteiger partial charge < -0.3 is 14.8 Å². The molecule has 0 radical (unpaired) electrons. The van der Waals surface area contributed by atoms with E-state index in [-0.39, 0.29) is 5.60 Å². The molecule has 1 aromatic carbocycles. The number of fused-ring (bicyclic) bond motifs is 1. The van der Waals surface area contributed by atoms with Gasteiger partial charge in [0, 0.05) is 18.7 Å². The molecule has 1 aromatic rings. The zero-order valence-corrected chi connectivity index (χ0v) is 12.7. The van der Waals surface area contributed by atoms with E-state index in [0.717, 1.165) is 25.2 Å². The van der Waals surface area contributed by atoms with Gasteiger partial charge in [0.15, 0.2) is 0 Å². The number of nitrogens with one attached hydrogen (secondary N) is 1. The highest BCUT2D eigenvalue weighted by Gasteiger charge is 2.32. The Labute approximate surface area is 121 Å². The van der Waals surface area contributed by atoms with Crippen LogP contribution >= 0.6 is 0 Å². The number of hydrogen-bond donors (Lipinski definition) is 1. The fourth-order valence-corrected chi connectivity index (χ4v) is 3.54. The van der Waals surface area contributed by atoms with E-state index < -0.39 is 0 Å². The lowest BCUT2D eigenvalue weighted by Crippen LogP contribution is -2.44. The van der Waals surface area contributed by atoms with E-state index in [1.165, 1.54) is 24.0 Å². The highest BCUT2D eigenvalue weighted by molar-refractivity contribution is 5.40. The molecule has 1 N–H and O–H groups in total. The minimum atomic E-state index is 0.00568. The first-order valence-corrected chi connectivity index (χ1v) is 7.64. The molecule has 20 heavy (non-hydrogen) atoms. The van der Waals surface area contributed by atoms with Crippen molar-refractivity contribution in [1.29, 1.82) is 0 Å². The van der Waals surface area contributed by atoms with Gasteiger partial charge in [0.25, 0.3) is 0 Å². The highest BCUT2D eigenvalue weighted by Crippen LogP contribution is 2.35. The van der Waals surface area contributed by atoms with Crippen LogP contribution in [0.25, 0.3) is 0 Å². The maximum Gasteiger partial charge on any atom is 0.119 e. The number of hydrogen-bond acceptors (Lipinski definition) is 3. The quantitative estimate of drug-likeness (QED) is 0.918. The summed E-state index contributed by atoms with van der Waals surface area (Å²) in [6, 6.07) is 7.51. The molecule has 0 spiro atoms. The van der Waals surface area contributed by atoms with Crippen LogP contribution in [0.1, 0.15) is 50.3 Å². The Morgan fingerprint density at radius 2 is 2.15 bits per heavy atom. The molecule has 3 nitrogen and oxygen atoms in total. The molecule has 1 saturated heterocycles. The Morgan fingerprint density at radius 3 is 2.90 bits per heavy atom. The minimum Gasteiger partial charge on any atom is -0.497 e. The number of rotatable bonds is 3. The monoisotopic (exact) mass is 275 g/mol. The van der Waals surface area contributed by atoms with Crippen molar-refractivity contribution in [2.24, 2.45) is 0 Å². The maximum absolute atomic E-state index is 5.81. The smallest absolute Gasteiger partial charge is 0.119 e. The lowest BCUT2D eigenvalue weighted by Gasteiger charge is -2.37. The molecule has 1 aliphatic heterocycles. The van der Waals surface area contributed by atoms with Crippen molar-refractivity contribution >= 4 is 0 Å². The lowest BCUT2D eigenvalue weighted by atomic mass is 9.93. The van der Waals surface area contributed by atoms with Gasteiger partial charge in [-0.05, 0) is 62.8 Å². The molecule has 0 aromatic heterocycles. The van der Waals surface area contributed by atoms with E-state index in [2.05, 4.69) is 37.4 Å². The van der Waals surface area contributed by atoms with Crippen molar-refractivity contribution in [1.82, 2.24) is 5.32 Å². The predicted molar refractivity (Wildman–Crippen MR) is 80.2 cm³/mol. The first-order chi connectivity index (χ1) is 9.57. The molecule has 110 valence electrons. The van der Waals surface area contributed by atoms with E-state index in [1.807, 2.05) is 0 Å². The van der Waals surface area contributed by atoms with Gasteiger partial charge in [0.1, 0.15) is 5.75 Å². The zero-order chi connectivity index (χ0) is 14.2. The summed E-state index contributed by atoms with van der Waals surface area (Å²) < 4.78 is 11.2. The van der Waals surface area contributed by atoms with Crippen molar-refractivity contribution in [3.8, 4) is 5.75 Å². The lowest BCUT2D eigenvalue weighted by molar-refractivity contribution is -0.0642. The number of ether oxygens (including phenoxy) is 2. The van der Waals surface area contributed by atoms with Gasteiger partial charge in [-0.3, -0.25) is 0 Å². The maximum atomic E-state index is 5.81. The second kappa shape index (κ2) is 5.38. The van der Waals surface area contributed by atoms with Crippen molar-refractivity contribution < 1.29 is 9.47 Å². The first-order valence-electron chi connectivity index (χ1n) is 7.64. The molecule has 1 aliphatic carbocycles. The Morgan fingerprint density at radius 1 is 1.30 bits per heavy atom.